The van der Waals surface area contributed by atoms with Crippen LogP contribution in [0.25, 0.3) is 0 Å². The molecule has 54 valence electrons. The molecule has 0 N–H and O–H groups in total. The quantitative estimate of drug-likeness (QED) is 0.695. The summed E-state index contributed by atoms with van der Waals surface area (Å²) in [5, 5.41) is 0.918. The van der Waals surface area contributed by atoms with E-state index in [1.165, 1.54) is 31.3 Å². The van der Waals surface area contributed by atoms with Gasteiger partial charge in [-0.25, -0.2) is 0 Å². The summed E-state index contributed by atoms with van der Waals surface area (Å²) in [5.74, 6) is 0. The molecule has 0 nitrogen and oxygen atoms in total. The van der Waals surface area contributed by atoms with Crippen LogP contribution in [0.15, 0.2) is 22.8 Å². The number of rotatable bonds is 1. The normalized spacial score (nSPS) is 19.5. The van der Waals surface area contributed by atoms with Gasteiger partial charge in [-0.2, -0.15) is 0 Å². The van der Waals surface area contributed by atoms with Crippen LogP contribution in [-0.4, -0.2) is 4.40 Å². The summed E-state index contributed by atoms with van der Waals surface area (Å²) in [7, 11) is 0. The van der Waals surface area contributed by atoms with Gasteiger partial charge in [-0.1, -0.05) is 0 Å². The fourth-order valence-corrected chi connectivity index (χ4v) is 2.40. The van der Waals surface area contributed by atoms with E-state index in [1.54, 1.807) is 0 Å². The maximum absolute atomic E-state index is 6.00. The van der Waals surface area contributed by atoms with Gasteiger partial charge in [0.1, 0.15) is 0 Å². The van der Waals surface area contributed by atoms with Gasteiger partial charge in [0.05, 0.1) is 0 Å². The van der Waals surface area contributed by atoms with Crippen molar-refractivity contribution in [1.29, 1.82) is 0 Å². The first-order chi connectivity index (χ1) is 4.75. The molecule has 0 saturated heterocycles. The summed E-state index contributed by atoms with van der Waals surface area (Å²) < 4.78 is 2.16. The van der Waals surface area contributed by atoms with Gasteiger partial charge in [0, 0.05) is 0 Å². The van der Waals surface area contributed by atoms with Crippen molar-refractivity contribution in [1.82, 2.24) is 0 Å². The third kappa shape index (κ3) is 1.68. The van der Waals surface area contributed by atoms with E-state index in [4.69, 9.17) is 11.6 Å². The van der Waals surface area contributed by atoms with Gasteiger partial charge in [-0.05, 0) is 0 Å². The van der Waals surface area contributed by atoms with E-state index in [2.05, 4.69) is 11.0 Å². The molecule has 0 saturated carbocycles. The molecule has 0 aromatic heterocycles. The first kappa shape index (κ1) is 8.43. The van der Waals surface area contributed by atoms with Gasteiger partial charge < -0.3 is 0 Å². The Kier molecular flexibility index (Phi) is 3.07. The molecule has 1 rings (SSSR count). The molecule has 0 aromatic rings. The van der Waals surface area contributed by atoms with E-state index in [0.717, 1.165) is 23.4 Å². The SMILES string of the molecule is C=C1CCCC([CH]=[W])=C1Cl. The van der Waals surface area contributed by atoms with Crippen molar-refractivity contribution >= 4 is 16.0 Å². The molecule has 0 radical (unpaired) electrons. The molecule has 1 aliphatic rings. The fourth-order valence-electron chi connectivity index (χ4n) is 1.05. The van der Waals surface area contributed by atoms with Crippen molar-refractivity contribution in [2.24, 2.45) is 0 Å². The number of halogens is 1. The third-order valence-electron chi connectivity index (χ3n) is 1.66. The van der Waals surface area contributed by atoms with E-state index in [0.29, 0.717) is 0 Å². The Morgan fingerprint density at radius 1 is 1.50 bits per heavy atom. The summed E-state index contributed by atoms with van der Waals surface area (Å²) in [6.45, 7) is 3.89. The molecule has 0 unspecified atom stereocenters. The number of hydrogen-bond donors (Lipinski definition) is 0. The molecule has 0 spiro atoms. The Bertz CT molecular complexity index is 203. The monoisotopic (exact) mass is 324 g/mol. The molecular formula is C8H9ClW. The Morgan fingerprint density at radius 2 is 2.20 bits per heavy atom. The van der Waals surface area contributed by atoms with Crippen LogP contribution in [0.5, 0.6) is 0 Å². The van der Waals surface area contributed by atoms with E-state index in [1.807, 2.05) is 0 Å². The van der Waals surface area contributed by atoms with Crippen molar-refractivity contribution in [2.75, 3.05) is 0 Å². The van der Waals surface area contributed by atoms with Crippen LogP contribution in [-0.2, 0) is 19.4 Å². The number of hydrogen-bond acceptors (Lipinski definition) is 0. The fraction of sp³-hybridized carbons (Fsp3) is 0.375. The minimum absolute atomic E-state index is 0.918. The molecule has 0 atom stereocenters. The van der Waals surface area contributed by atoms with E-state index >= 15 is 0 Å². The second kappa shape index (κ2) is 3.64. The molecule has 0 aromatic carbocycles. The Labute approximate surface area is 77.4 Å². The van der Waals surface area contributed by atoms with Crippen molar-refractivity contribution in [2.45, 2.75) is 19.3 Å². The molecule has 1 aliphatic carbocycles. The van der Waals surface area contributed by atoms with Crippen molar-refractivity contribution in [3.63, 3.8) is 0 Å². The van der Waals surface area contributed by atoms with Gasteiger partial charge in [0.2, 0.25) is 0 Å². The topological polar surface area (TPSA) is 0 Å². The summed E-state index contributed by atoms with van der Waals surface area (Å²) in [6, 6.07) is 0. The first-order valence-electron chi connectivity index (χ1n) is 3.27. The maximum atomic E-state index is 6.00. The summed E-state index contributed by atoms with van der Waals surface area (Å²) >= 11 is 7.47. The zero-order chi connectivity index (χ0) is 7.56. The summed E-state index contributed by atoms with van der Waals surface area (Å²) in [4.78, 5) is 0. The second-order valence-electron chi connectivity index (χ2n) is 2.41. The average Bonchev–Trinajstić information content (AvgIpc) is 1.95. The standard InChI is InChI=1S/C8H9Cl.W/c1-6-4-3-5-7(2)8(6)9;/h1H,2-5H2;. The second-order valence-corrected chi connectivity index (χ2v) is 3.64. The molecule has 10 heavy (non-hydrogen) atoms. The molecule has 0 bridgehead atoms. The van der Waals surface area contributed by atoms with Crippen LogP contribution in [0.2, 0.25) is 0 Å². The molecule has 0 fully saturated rings. The van der Waals surface area contributed by atoms with Gasteiger partial charge in [-0.3, -0.25) is 0 Å². The molecular weight excluding hydrogens is 315 g/mol. The van der Waals surface area contributed by atoms with E-state index < -0.39 is 0 Å². The van der Waals surface area contributed by atoms with Crippen molar-refractivity contribution in [3.05, 3.63) is 22.8 Å². The van der Waals surface area contributed by atoms with E-state index in [9.17, 15) is 0 Å². The molecule has 0 amide bonds. The predicted molar refractivity (Wildman–Crippen MR) is 41.9 cm³/mol. The summed E-state index contributed by atoms with van der Waals surface area (Å²) in [6.07, 6.45) is 3.43. The van der Waals surface area contributed by atoms with Crippen LogP contribution >= 0.6 is 11.6 Å². The zero-order valence-electron chi connectivity index (χ0n) is 5.69. The molecule has 0 aliphatic heterocycles. The van der Waals surface area contributed by atoms with Gasteiger partial charge in [0.25, 0.3) is 0 Å². The van der Waals surface area contributed by atoms with Crippen LogP contribution in [0.4, 0.5) is 0 Å². The Morgan fingerprint density at radius 3 is 2.70 bits per heavy atom. The Balaban J connectivity index is 2.92. The minimum atomic E-state index is 0.918. The number of allylic oxidation sites excluding steroid dienone is 3. The van der Waals surface area contributed by atoms with Crippen molar-refractivity contribution < 1.29 is 19.4 Å². The third-order valence-corrected chi connectivity index (χ3v) is 3.19. The van der Waals surface area contributed by atoms with Crippen LogP contribution in [0, 0.1) is 0 Å². The van der Waals surface area contributed by atoms with Crippen LogP contribution in [0.3, 0.4) is 0 Å². The molecule has 0 heterocycles. The van der Waals surface area contributed by atoms with Gasteiger partial charge in [0.15, 0.2) is 0 Å². The van der Waals surface area contributed by atoms with Gasteiger partial charge in [-0.15, -0.1) is 0 Å². The van der Waals surface area contributed by atoms with E-state index in [-0.39, 0.29) is 0 Å². The summed E-state index contributed by atoms with van der Waals surface area (Å²) in [5.41, 5.74) is 2.41. The molecule has 2 heteroatoms. The zero-order valence-corrected chi connectivity index (χ0v) is 9.38. The Hall–Kier alpha value is 0.328. The van der Waals surface area contributed by atoms with Crippen LogP contribution in [0.1, 0.15) is 19.3 Å². The predicted octanol–water partition coefficient (Wildman–Crippen LogP) is 2.57. The van der Waals surface area contributed by atoms with Gasteiger partial charge >= 0.3 is 77.4 Å². The average molecular weight is 324 g/mol. The van der Waals surface area contributed by atoms with Crippen LogP contribution < -0.4 is 0 Å². The van der Waals surface area contributed by atoms with Crippen molar-refractivity contribution in [3.8, 4) is 0 Å². The first-order valence-corrected chi connectivity index (χ1v) is 5.35.